The Hall–Kier alpha value is -0.490. The van der Waals surface area contributed by atoms with Crippen LogP contribution in [0.15, 0.2) is 24.3 Å². The summed E-state index contributed by atoms with van der Waals surface area (Å²) in [5.41, 5.74) is 2.09. The number of rotatable bonds is 4. The Bertz CT molecular complexity index is 435. The number of aryl methyl sites for hydroxylation is 1. The van der Waals surface area contributed by atoms with E-state index in [2.05, 4.69) is 10.2 Å². The molecule has 1 atom stereocenters. The quantitative estimate of drug-likeness (QED) is 0.870. The molecule has 1 aliphatic heterocycles. The van der Waals surface area contributed by atoms with Crippen molar-refractivity contribution in [2.75, 3.05) is 26.2 Å². The fraction of sp³-hybridized carbons (Fsp3) is 0.600. The fourth-order valence-corrected chi connectivity index (χ4v) is 2.73. The van der Waals surface area contributed by atoms with Gasteiger partial charge in [-0.3, -0.25) is 4.90 Å². The molecule has 2 rings (SSSR count). The van der Waals surface area contributed by atoms with Crippen molar-refractivity contribution in [1.29, 1.82) is 0 Å². The predicted molar refractivity (Wildman–Crippen MR) is 88.1 cm³/mol. The van der Waals surface area contributed by atoms with Gasteiger partial charge in [-0.15, -0.1) is 24.8 Å². The van der Waals surface area contributed by atoms with Crippen LogP contribution in [0.25, 0.3) is 0 Å². The van der Waals surface area contributed by atoms with Crippen LogP contribution in [0.4, 0.5) is 13.2 Å². The molecule has 1 aromatic rings. The van der Waals surface area contributed by atoms with Gasteiger partial charge in [0.05, 0.1) is 0 Å². The summed E-state index contributed by atoms with van der Waals surface area (Å²) in [5.74, 6) is 0. The lowest BCUT2D eigenvalue weighted by Gasteiger charge is -2.35. The van der Waals surface area contributed by atoms with Crippen LogP contribution in [0.1, 0.15) is 30.0 Å². The minimum atomic E-state index is -4.09. The predicted octanol–water partition coefficient (Wildman–Crippen LogP) is 4.13. The van der Waals surface area contributed by atoms with Gasteiger partial charge in [-0.2, -0.15) is 13.2 Å². The van der Waals surface area contributed by atoms with Crippen LogP contribution in [-0.2, 0) is 0 Å². The molecule has 0 bridgehead atoms. The van der Waals surface area contributed by atoms with Gasteiger partial charge < -0.3 is 5.32 Å². The summed E-state index contributed by atoms with van der Waals surface area (Å²) in [6, 6.07) is 7.70. The van der Waals surface area contributed by atoms with Gasteiger partial charge in [0.25, 0.3) is 0 Å². The van der Waals surface area contributed by atoms with E-state index in [9.17, 15) is 13.2 Å². The van der Waals surface area contributed by atoms with Crippen molar-refractivity contribution in [3.63, 3.8) is 0 Å². The molecule has 1 heterocycles. The number of nitrogens with zero attached hydrogens (tertiary/aromatic N) is 1. The maximum Gasteiger partial charge on any atom is 0.389 e. The molecule has 1 fully saturated rings. The van der Waals surface area contributed by atoms with Crippen LogP contribution < -0.4 is 5.32 Å². The number of benzene rings is 1. The first-order valence-electron chi connectivity index (χ1n) is 7.04. The highest BCUT2D eigenvalue weighted by atomic mass is 35.5. The lowest BCUT2D eigenvalue weighted by atomic mass is 9.98. The van der Waals surface area contributed by atoms with Crippen LogP contribution in [0, 0.1) is 6.92 Å². The molecule has 128 valence electrons. The van der Waals surface area contributed by atoms with E-state index < -0.39 is 12.6 Å². The summed E-state index contributed by atoms with van der Waals surface area (Å²) in [4.78, 5) is 2.16. The molecule has 2 nitrogen and oxygen atoms in total. The number of hydrogen-bond acceptors (Lipinski definition) is 2. The second kappa shape index (κ2) is 9.60. The summed E-state index contributed by atoms with van der Waals surface area (Å²) >= 11 is 0. The summed E-state index contributed by atoms with van der Waals surface area (Å²) in [6.45, 7) is 5.26. The lowest BCUT2D eigenvalue weighted by Crippen LogP contribution is -2.45. The van der Waals surface area contributed by atoms with Crippen molar-refractivity contribution in [1.82, 2.24) is 10.2 Å². The van der Waals surface area contributed by atoms with Gasteiger partial charge >= 0.3 is 6.18 Å². The first-order valence-corrected chi connectivity index (χ1v) is 7.04. The first kappa shape index (κ1) is 21.5. The molecule has 0 aromatic heterocycles. The second-order valence-corrected chi connectivity index (χ2v) is 5.37. The third-order valence-corrected chi connectivity index (χ3v) is 3.72. The standard InChI is InChI=1S/C15H21F3N2.2ClH/c1-12-3-2-4-13(11-12)14(5-6-15(16,17)18)20-9-7-19-8-10-20;;/h2-4,11,14,19H,5-10H2,1H3;2*1H/t14-;;/m1../s1. The average Bonchev–Trinajstić information content (AvgIpc) is 2.39. The van der Waals surface area contributed by atoms with E-state index >= 15 is 0 Å². The maximum atomic E-state index is 12.5. The number of alkyl halides is 3. The van der Waals surface area contributed by atoms with Gasteiger partial charge in [-0.05, 0) is 18.9 Å². The Balaban J connectivity index is 0.00000220. The van der Waals surface area contributed by atoms with Crippen LogP contribution in [0.2, 0.25) is 0 Å². The van der Waals surface area contributed by atoms with Crippen LogP contribution >= 0.6 is 24.8 Å². The van der Waals surface area contributed by atoms with E-state index in [0.29, 0.717) is 0 Å². The Kier molecular flexibility index (Phi) is 9.39. The molecule has 0 saturated carbocycles. The highest BCUT2D eigenvalue weighted by Crippen LogP contribution is 2.31. The minimum absolute atomic E-state index is 0. The normalized spacial score (nSPS) is 17.3. The van der Waals surface area contributed by atoms with Gasteiger partial charge in [0.15, 0.2) is 0 Å². The Morgan fingerprint density at radius 2 is 1.82 bits per heavy atom. The molecule has 1 N–H and O–H groups in total. The van der Waals surface area contributed by atoms with E-state index in [-0.39, 0.29) is 37.3 Å². The zero-order valence-corrected chi connectivity index (χ0v) is 14.2. The van der Waals surface area contributed by atoms with Gasteiger partial charge in [0.1, 0.15) is 0 Å². The minimum Gasteiger partial charge on any atom is -0.314 e. The Morgan fingerprint density at radius 3 is 2.36 bits per heavy atom. The van der Waals surface area contributed by atoms with Crippen LogP contribution in [0.5, 0.6) is 0 Å². The van der Waals surface area contributed by atoms with Crippen molar-refractivity contribution in [3.05, 3.63) is 35.4 Å². The molecule has 0 aliphatic carbocycles. The van der Waals surface area contributed by atoms with E-state index in [4.69, 9.17) is 0 Å². The Morgan fingerprint density at radius 1 is 1.18 bits per heavy atom. The summed E-state index contributed by atoms with van der Waals surface area (Å²) in [7, 11) is 0. The third-order valence-electron chi connectivity index (χ3n) is 3.72. The van der Waals surface area contributed by atoms with Gasteiger partial charge in [-0.25, -0.2) is 0 Å². The smallest absolute Gasteiger partial charge is 0.314 e. The molecule has 0 radical (unpaired) electrons. The number of hydrogen-bond donors (Lipinski definition) is 1. The Labute approximate surface area is 142 Å². The lowest BCUT2D eigenvalue weighted by molar-refractivity contribution is -0.138. The molecule has 0 amide bonds. The highest BCUT2D eigenvalue weighted by Gasteiger charge is 2.31. The first-order chi connectivity index (χ1) is 9.46. The van der Waals surface area contributed by atoms with Crippen LogP contribution in [0.3, 0.4) is 0 Å². The van der Waals surface area contributed by atoms with E-state index in [1.165, 1.54) is 0 Å². The maximum absolute atomic E-state index is 12.5. The summed E-state index contributed by atoms with van der Waals surface area (Å²) < 4.78 is 37.6. The molecular weight excluding hydrogens is 336 g/mol. The van der Waals surface area contributed by atoms with Gasteiger partial charge in [0.2, 0.25) is 0 Å². The largest absolute Gasteiger partial charge is 0.389 e. The molecule has 1 saturated heterocycles. The zero-order chi connectivity index (χ0) is 14.6. The number of halogens is 5. The van der Waals surface area contributed by atoms with Crippen molar-refractivity contribution in [2.45, 2.75) is 32.0 Å². The zero-order valence-electron chi connectivity index (χ0n) is 12.5. The molecule has 1 aromatic carbocycles. The molecular formula is C15H23Cl2F3N2. The number of nitrogens with one attached hydrogen (secondary N) is 1. The summed E-state index contributed by atoms with van der Waals surface area (Å²) in [5, 5.41) is 3.24. The van der Waals surface area contributed by atoms with Crippen molar-refractivity contribution >= 4 is 24.8 Å². The molecule has 7 heteroatoms. The van der Waals surface area contributed by atoms with Crippen LogP contribution in [-0.4, -0.2) is 37.3 Å². The fourth-order valence-electron chi connectivity index (χ4n) is 2.73. The van der Waals surface area contributed by atoms with Gasteiger partial charge in [0, 0.05) is 38.6 Å². The van der Waals surface area contributed by atoms with Crippen molar-refractivity contribution in [3.8, 4) is 0 Å². The van der Waals surface area contributed by atoms with Gasteiger partial charge in [-0.1, -0.05) is 29.8 Å². The monoisotopic (exact) mass is 358 g/mol. The number of piperazine rings is 1. The topological polar surface area (TPSA) is 15.3 Å². The van der Waals surface area contributed by atoms with E-state index in [0.717, 1.165) is 37.3 Å². The second-order valence-electron chi connectivity index (χ2n) is 5.37. The summed E-state index contributed by atoms with van der Waals surface area (Å²) in [6.07, 6.45) is -4.68. The van der Waals surface area contributed by atoms with Crippen molar-refractivity contribution < 1.29 is 13.2 Å². The highest BCUT2D eigenvalue weighted by molar-refractivity contribution is 5.85. The average molecular weight is 359 g/mol. The SMILES string of the molecule is Cc1cccc([C@@H](CCC(F)(F)F)N2CCNCC2)c1.Cl.Cl. The molecule has 0 unspecified atom stereocenters. The molecule has 0 spiro atoms. The molecule has 1 aliphatic rings. The van der Waals surface area contributed by atoms with E-state index in [1.54, 1.807) is 0 Å². The third kappa shape index (κ3) is 6.73. The van der Waals surface area contributed by atoms with E-state index in [1.807, 2.05) is 31.2 Å². The van der Waals surface area contributed by atoms with Crippen molar-refractivity contribution in [2.24, 2.45) is 0 Å². The molecule has 22 heavy (non-hydrogen) atoms.